The predicted molar refractivity (Wildman–Crippen MR) is 59.9 cm³/mol. The molecule has 0 amide bonds. The molecule has 1 aliphatic rings. The Labute approximate surface area is 96.7 Å². The zero-order valence-corrected chi connectivity index (χ0v) is 9.20. The molecule has 1 aliphatic heterocycles. The Morgan fingerprint density at radius 1 is 1.41 bits per heavy atom. The van der Waals surface area contributed by atoms with Crippen LogP contribution in [-0.2, 0) is 6.18 Å². The van der Waals surface area contributed by atoms with Crippen LogP contribution in [0.25, 0.3) is 0 Å². The first-order valence-electron chi connectivity index (χ1n) is 5.13. The number of nitrogens with two attached hydrogens (primary N) is 1. The Balaban J connectivity index is 2.29. The molecule has 1 atom stereocenters. The van der Waals surface area contributed by atoms with Gasteiger partial charge in [-0.25, -0.2) is 0 Å². The Morgan fingerprint density at radius 3 is 2.65 bits per heavy atom. The fraction of sp³-hybridized carbons (Fsp3) is 0.364. The molecule has 1 aromatic carbocycles. The van der Waals surface area contributed by atoms with Crippen LogP contribution in [0.4, 0.5) is 18.9 Å². The summed E-state index contributed by atoms with van der Waals surface area (Å²) < 4.78 is 37.6. The molecule has 0 bridgehead atoms. The molecule has 0 spiro atoms. The van der Waals surface area contributed by atoms with Crippen LogP contribution in [0.1, 0.15) is 12.5 Å². The van der Waals surface area contributed by atoms with E-state index in [2.05, 4.69) is 5.10 Å². The highest BCUT2D eigenvalue weighted by Crippen LogP contribution is 2.32. The maximum atomic E-state index is 12.5. The zero-order valence-electron chi connectivity index (χ0n) is 9.20. The lowest BCUT2D eigenvalue weighted by Crippen LogP contribution is -2.31. The first-order valence-corrected chi connectivity index (χ1v) is 5.13. The number of hydrogen-bond donors (Lipinski definition) is 1. The van der Waals surface area contributed by atoms with E-state index in [0.717, 1.165) is 17.8 Å². The van der Waals surface area contributed by atoms with Crippen LogP contribution in [-0.4, -0.2) is 18.3 Å². The Bertz CT molecular complexity index is 454. The number of halogens is 3. The van der Waals surface area contributed by atoms with Crippen LogP contribution in [0.3, 0.4) is 0 Å². The molecule has 0 radical (unpaired) electrons. The number of hydrazone groups is 1. The van der Waals surface area contributed by atoms with Crippen molar-refractivity contribution in [2.45, 2.75) is 19.1 Å². The lowest BCUT2D eigenvalue weighted by atomic mass is 10.2. The number of benzene rings is 1. The number of anilines is 1. The SMILES string of the molecule is CC1=NN(c2cccc(C(F)(F)F)c2)CC1N. The van der Waals surface area contributed by atoms with Gasteiger partial charge in [-0.05, 0) is 25.1 Å². The first kappa shape index (κ1) is 11.9. The maximum Gasteiger partial charge on any atom is 0.416 e. The van der Waals surface area contributed by atoms with Gasteiger partial charge >= 0.3 is 6.18 Å². The van der Waals surface area contributed by atoms with Gasteiger partial charge in [0.05, 0.1) is 29.5 Å². The summed E-state index contributed by atoms with van der Waals surface area (Å²) in [4.78, 5) is 0. The molecule has 3 nitrogen and oxygen atoms in total. The van der Waals surface area contributed by atoms with Crippen molar-refractivity contribution in [3.8, 4) is 0 Å². The molecule has 92 valence electrons. The highest BCUT2D eigenvalue weighted by Gasteiger charge is 2.31. The van der Waals surface area contributed by atoms with Crippen molar-refractivity contribution in [3.05, 3.63) is 29.8 Å². The van der Waals surface area contributed by atoms with Gasteiger partial charge in [-0.3, -0.25) is 5.01 Å². The van der Waals surface area contributed by atoms with Gasteiger partial charge < -0.3 is 5.73 Å². The third-order valence-corrected chi connectivity index (χ3v) is 2.66. The average Bonchev–Trinajstić information content (AvgIpc) is 2.58. The molecule has 0 aromatic heterocycles. The minimum Gasteiger partial charge on any atom is -0.321 e. The monoisotopic (exact) mass is 243 g/mol. The molecule has 2 N–H and O–H groups in total. The first-order chi connectivity index (χ1) is 7.88. The second-order valence-electron chi connectivity index (χ2n) is 3.98. The molecule has 1 heterocycles. The van der Waals surface area contributed by atoms with Crippen LogP contribution in [0.15, 0.2) is 29.4 Å². The van der Waals surface area contributed by atoms with Gasteiger partial charge in [-0.1, -0.05) is 6.07 Å². The van der Waals surface area contributed by atoms with E-state index >= 15 is 0 Å². The van der Waals surface area contributed by atoms with E-state index in [4.69, 9.17) is 5.73 Å². The number of rotatable bonds is 1. The molecule has 0 fully saturated rings. The minimum absolute atomic E-state index is 0.218. The fourth-order valence-corrected chi connectivity index (χ4v) is 1.63. The molecular formula is C11H12F3N3. The molecule has 17 heavy (non-hydrogen) atoms. The van der Waals surface area contributed by atoms with Gasteiger partial charge in [-0.2, -0.15) is 18.3 Å². The van der Waals surface area contributed by atoms with Gasteiger partial charge in [0, 0.05) is 0 Å². The summed E-state index contributed by atoms with van der Waals surface area (Å²) in [6.07, 6.45) is -4.34. The zero-order chi connectivity index (χ0) is 12.6. The van der Waals surface area contributed by atoms with Crippen LogP contribution in [0.2, 0.25) is 0 Å². The molecular weight excluding hydrogens is 231 g/mol. The minimum atomic E-state index is -4.34. The summed E-state index contributed by atoms with van der Waals surface area (Å²) in [5.74, 6) is 0. The van der Waals surface area contributed by atoms with Gasteiger partial charge in [0.25, 0.3) is 0 Å². The number of hydrogen-bond acceptors (Lipinski definition) is 3. The van der Waals surface area contributed by atoms with Crippen LogP contribution in [0, 0.1) is 0 Å². The van der Waals surface area contributed by atoms with Crippen LogP contribution < -0.4 is 10.7 Å². The molecule has 0 saturated heterocycles. The van der Waals surface area contributed by atoms with Crippen molar-refractivity contribution in [3.63, 3.8) is 0 Å². The maximum absolute atomic E-state index is 12.5. The van der Waals surface area contributed by atoms with Crippen molar-refractivity contribution in [2.24, 2.45) is 10.8 Å². The third kappa shape index (κ3) is 2.41. The van der Waals surface area contributed by atoms with Crippen LogP contribution in [0.5, 0.6) is 0 Å². The van der Waals surface area contributed by atoms with Gasteiger partial charge in [0.2, 0.25) is 0 Å². The molecule has 1 unspecified atom stereocenters. The predicted octanol–water partition coefficient (Wildman–Crippen LogP) is 2.23. The number of alkyl halides is 3. The van der Waals surface area contributed by atoms with Crippen molar-refractivity contribution < 1.29 is 13.2 Å². The Hall–Kier alpha value is -1.56. The van der Waals surface area contributed by atoms with Gasteiger partial charge in [0.1, 0.15) is 0 Å². The lowest BCUT2D eigenvalue weighted by Gasteiger charge is -2.16. The Kier molecular flexibility index (Phi) is 2.82. The smallest absolute Gasteiger partial charge is 0.321 e. The topological polar surface area (TPSA) is 41.6 Å². The second kappa shape index (κ2) is 4.03. The second-order valence-corrected chi connectivity index (χ2v) is 3.98. The summed E-state index contributed by atoms with van der Waals surface area (Å²) in [7, 11) is 0. The van der Waals surface area contributed by atoms with Gasteiger partial charge in [-0.15, -0.1) is 0 Å². The van der Waals surface area contributed by atoms with E-state index in [1.165, 1.54) is 11.1 Å². The van der Waals surface area contributed by atoms with Gasteiger partial charge in [0.15, 0.2) is 0 Å². The van der Waals surface area contributed by atoms with Crippen LogP contribution >= 0.6 is 0 Å². The van der Waals surface area contributed by atoms with E-state index in [1.807, 2.05) is 0 Å². The highest BCUT2D eigenvalue weighted by atomic mass is 19.4. The standard InChI is InChI=1S/C11H12F3N3/c1-7-10(15)6-17(16-7)9-4-2-3-8(5-9)11(12,13)14/h2-5,10H,6,15H2,1H3. The largest absolute Gasteiger partial charge is 0.416 e. The molecule has 1 aromatic rings. The van der Waals surface area contributed by atoms with E-state index < -0.39 is 11.7 Å². The van der Waals surface area contributed by atoms with Crippen molar-refractivity contribution >= 4 is 11.4 Å². The fourth-order valence-electron chi connectivity index (χ4n) is 1.63. The highest BCUT2D eigenvalue weighted by molar-refractivity contribution is 5.90. The number of nitrogens with zero attached hydrogens (tertiary/aromatic N) is 2. The summed E-state index contributed by atoms with van der Waals surface area (Å²) in [5.41, 5.74) is 6.19. The summed E-state index contributed by atoms with van der Waals surface area (Å²) >= 11 is 0. The summed E-state index contributed by atoms with van der Waals surface area (Å²) in [6.45, 7) is 2.17. The molecule has 2 rings (SSSR count). The lowest BCUT2D eigenvalue weighted by molar-refractivity contribution is -0.137. The Morgan fingerprint density at radius 2 is 2.12 bits per heavy atom. The quantitative estimate of drug-likeness (QED) is 0.821. The molecule has 0 aliphatic carbocycles. The van der Waals surface area contributed by atoms with Crippen molar-refractivity contribution in [1.82, 2.24) is 0 Å². The van der Waals surface area contributed by atoms with E-state index in [9.17, 15) is 13.2 Å². The summed E-state index contributed by atoms with van der Waals surface area (Å²) in [6, 6.07) is 4.85. The molecule has 0 saturated carbocycles. The van der Waals surface area contributed by atoms with Crippen molar-refractivity contribution in [1.29, 1.82) is 0 Å². The third-order valence-electron chi connectivity index (χ3n) is 2.66. The van der Waals surface area contributed by atoms with E-state index in [-0.39, 0.29) is 6.04 Å². The normalized spacial score (nSPS) is 20.6. The van der Waals surface area contributed by atoms with E-state index in [1.54, 1.807) is 13.0 Å². The molecule has 6 heteroatoms. The van der Waals surface area contributed by atoms with Crippen molar-refractivity contribution in [2.75, 3.05) is 11.6 Å². The average molecular weight is 243 g/mol. The van der Waals surface area contributed by atoms with E-state index in [0.29, 0.717) is 12.2 Å². The summed E-state index contributed by atoms with van der Waals surface area (Å²) in [5, 5.41) is 5.62.